The quantitative estimate of drug-likeness (QED) is 0.811. The number of hydrogen-bond donors (Lipinski definition) is 2. The standard InChI is InChI=1S/C18H21N3O3S/c19-15-6-4-14(5-7-15)12-18(22)20-16-2-1-3-17(13-16)21-8-10-25(23,24)11-9-21/h1-7,13H,8-12,19H2,(H,20,22). The van der Waals surface area contributed by atoms with Crippen LogP contribution in [-0.4, -0.2) is 38.9 Å². The number of carbonyl (C=O) groups excluding carboxylic acids is 1. The number of nitrogens with one attached hydrogen (secondary N) is 1. The third-order valence-electron chi connectivity index (χ3n) is 4.18. The topological polar surface area (TPSA) is 92.5 Å². The summed E-state index contributed by atoms with van der Waals surface area (Å²) in [5.74, 6) is 0.227. The molecule has 0 aliphatic carbocycles. The lowest BCUT2D eigenvalue weighted by Gasteiger charge is -2.29. The summed E-state index contributed by atoms with van der Waals surface area (Å²) in [6.45, 7) is 0.955. The molecule has 0 spiro atoms. The van der Waals surface area contributed by atoms with Crippen LogP contribution >= 0.6 is 0 Å². The van der Waals surface area contributed by atoms with Gasteiger partial charge in [-0.05, 0) is 35.9 Å². The summed E-state index contributed by atoms with van der Waals surface area (Å²) < 4.78 is 23.1. The van der Waals surface area contributed by atoms with Crippen molar-refractivity contribution < 1.29 is 13.2 Å². The maximum atomic E-state index is 12.2. The Hall–Kier alpha value is -2.54. The highest BCUT2D eigenvalue weighted by atomic mass is 32.2. The van der Waals surface area contributed by atoms with Crippen LogP contribution in [0.5, 0.6) is 0 Å². The van der Waals surface area contributed by atoms with Crippen LogP contribution in [0.15, 0.2) is 48.5 Å². The van der Waals surface area contributed by atoms with Gasteiger partial charge in [-0.25, -0.2) is 8.42 Å². The van der Waals surface area contributed by atoms with E-state index >= 15 is 0 Å². The Bertz CT molecular complexity index is 849. The second kappa shape index (κ2) is 7.14. The van der Waals surface area contributed by atoms with Crippen molar-refractivity contribution in [3.8, 4) is 0 Å². The van der Waals surface area contributed by atoms with E-state index in [1.54, 1.807) is 12.1 Å². The van der Waals surface area contributed by atoms with Gasteiger partial charge in [0.05, 0.1) is 17.9 Å². The van der Waals surface area contributed by atoms with Crippen LogP contribution in [-0.2, 0) is 21.1 Å². The molecule has 1 aliphatic rings. The molecule has 0 unspecified atom stereocenters. The number of sulfone groups is 1. The lowest BCUT2D eigenvalue weighted by atomic mass is 10.1. The van der Waals surface area contributed by atoms with Crippen molar-refractivity contribution in [2.45, 2.75) is 6.42 Å². The molecule has 25 heavy (non-hydrogen) atoms. The zero-order valence-electron chi connectivity index (χ0n) is 13.8. The first-order chi connectivity index (χ1) is 11.9. The fourth-order valence-electron chi connectivity index (χ4n) is 2.78. The van der Waals surface area contributed by atoms with Gasteiger partial charge in [-0.2, -0.15) is 0 Å². The first-order valence-corrected chi connectivity index (χ1v) is 9.93. The monoisotopic (exact) mass is 359 g/mol. The fourth-order valence-corrected chi connectivity index (χ4v) is 3.98. The molecule has 1 fully saturated rings. The molecular formula is C18H21N3O3S. The van der Waals surface area contributed by atoms with Crippen LogP contribution in [0, 0.1) is 0 Å². The van der Waals surface area contributed by atoms with Crippen molar-refractivity contribution in [2.24, 2.45) is 0 Å². The molecule has 0 atom stereocenters. The Labute approximate surface area is 147 Å². The van der Waals surface area contributed by atoms with Crippen LogP contribution in [0.2, 0.25) is 0 Å². The van der Waals surface area contributed by atoms with Gasteiger partial charge in [0.2, 0.25) is 5.91 Å². The Kier molecular flexibility index (Phi) is 4.94. The number of nitrogens with zero attached hydrogens (tertiary/aromatic N) is 1. The number of amides is 1. The smallest absolute Gasteiger partial charge is 0.228 e. The van der Waals surface area contributed by atoms with E-state index < -0.39 is 9.84 Å². The van der Waals surface area contributed by atoms with Gasteiger partial charge in [0, 0.05) is 30.2 Å². The SMILES string of the molecule is Nc1ccc(CC(=O)Nc2cccc(N3CCS(=O)(=O)CC3)c2)cc1. The summed E-state index contributed by atoms with van der Waals surface area (Å²) in [7, 11) is -2.91. The van der Waals surface area contributed by atoms with Gasteiger partial charge in [0.15, 0.2) is 9.84 Å². The molecule has 0 radical (unpaired) electrons. The number of carbonyl (C=O) groups is 1. The van der Waals surface area contributed by atoms with Gasteiger partial charge in [0.1, 0.15) is 0 Å². The van der Waals surface area contributed by atoms with E-state index in [0.717, 1.165) is 11.3 Å². The minimum atomic E-state index is -2.91. The van der Waals surface area contributed by atoms with E-state index in [9.17, 15) is 13.2 Å². The van der Waals surface area contributed by atoms with Crippen LogP contribution in [0.3, 0.4) is 0 Å². The molecule has 0 aromatic heterocycles. The molecule has 2 aromatic rings. The predicted molar refractivity (Wildman–Crippen MR) is 100 cm³/mol. The largest absolute Gasteiger partial charge is 0.399 e. The van der Waals surface area contributed by atoms with Crippen molar-refractivity contribution >= 4 is 32.8 Å². The van der Waals surface area contributed by atoms with Crippen molar-refractivity contribution in [2.75, 3.05) is 40.5 Å². The molecule has 3 N–H and O–H groups in total. The lowest BCUT2D eigenvalue weighted by molar-refractivity contribution is -0.115. The summed E-state index contributed by atoms with van der Waals surface area (Å²) in [6.07, 6.45) is 0.270. The first kappa shape index (κ1) is 17.3. The van der Waals surface area contributed by atoms with E-state index in [-0.39, 0.29) is 23.8 Å². The molecule has 1 heterocycles. The summed E-state index contributed by atoms with van der Waals surface area (Å²) in [5.41, 5.74) is 8.82. The van der Waals surface area contributed by atoms with Crippen LogP contribution in [0.1, 0.15) is 5.56 Å². The molecule has 1 amide bonds. The normalized spacial score (nSPS) is 16.4. The van der Waals surface area contributed by atoms with Crippen molar-refractivity contribution in [3.63, 3.8) is 0 Å². The molecule has 0 bridgehead atoms. The Morgan fingerprint density at radius 1 is 1.08 bits per heavy atom. The zero-order chi connectivity index (χ0) is 17.9. The van der Waals surface area contributed by atoms with E-state index in [4.69, 9.17) is 5.73 Å². The molecule has 3 rings (SSSR count). The number of anilines is 3. The van der Waals surface area contributed by atoms with Crippen LogP contribution < -0.4 is 16.0 Å². The summed E-state index contributed by atoms with van der Waals surface area (Å²) in [6, 6.07) is 14.7. The number of nitrogen functional groups attached to an aromatic ring is 1. The maximum absolute atomic E-state index is 12.2. The van der Waals surface area contributed by atoms with Gasteiger partial charge in [-0.1, -0.05) is 18.2 Å². The van der Waals surface area contributed by atoms with Gasteiger partial charge in [-0.3, -0.25) is 4.79 Å². The lowest BCUT2D eigenvalue weighted by Crippen LogP contribution is -2.40. The summed E-state index contributed by atoms with van der Waals surface area (Å²) in [4.78, 5) is 14.2. The van der Waals surface area contributed by atoms with Gasteiger partial charge < -0.3 is 16.0 Å². The van der Waals surface area contributed by atoms with Crippen molar-refractivity contribution in [1.29, 1.82) is 0 Å². The maximum Gasteiger partial charge on any atom is 0.228 e. The Morgan fingerprint density at radius 2 is 1.76 bits per heavy atom. The minimum Gasteiger partial charge on any atom is -0.399 e. The predicted octanol–water partition coefficient (Wildman–Crippen LogP) is 1.68. The van der Waals surface area contributed by atoms with Crippen LogP contribution in [0.4, 0.5) is 17.1 Å². The zero-order valence-corrected chi connectivity index (χ0v) is 14.6. The third kappa shape index (κ3) is 4.73. The average molecular weight is 359 g/mol. The van der Waals surface area contributed by atoms with Gasteiger partial charge >= 0.3 is 0 Å². The fraction of sp³-hybridized carbons (Fsp3) is 0.278. The molecule has 1 aliphatic heterocycles. The van der Waals surface area contributed by atoms with E-state index in [2.05, 4.69) is 5.32 Å². The molecular weight excluding hydrogens is 338 g/mol. The minimum absolute atomic E-state index is 0.108. The first-order valence-electron chi connectivity index (χ1n) is 8.11. The molecule has 7 heteroatoms. The van der Waals surface area contributed by atoms with E-state index in [1.165, 1.54) is 0 Å². The second-order valence-electron chi connectivity index (χ2n) is 6.16. The summed E-state index contributed by atoms with van der Waals surface area (Å²) in [5, 5.41) is 2.89. The van der Waals surface area contributed by atoms with E-state index in [0.29, 0.717) is 24.5 Å². The van der Waals surface area contributed by atoms with Gasteiger partial charge in [0.25, 0.3) is 0 Å². The Balaban J connectivity index is 1.63. The van der Waals surface area contributed by atoms with Crippen molar-refractivity contribution in [3.05, 3.63) is 54.1 Å². The van der Waals surface area contributed by atoms with Crippen LogP contribution in [0.25, 0.3) is 0 Å². The number of hydrogen-bond acceptors (Lipinski definition) is 5. The molecule has 2 aromatic carbocycles. The van der Waals surface area contributed by atoms with Gasteiger partial charge in [-0.15, -0.1) is 0 Å². The highest BCUT2D eigenvalue weighted by Crippen LogP contribution is 2.21. The molecule has 6 nitrogen and oxygen atoms in total. The average Bonchev–Trinajstić information content (AvgIpc) is 2.57. The third-order valence-corrected chi connectivity index (χ3v) is 5.79. The van der Waals surface area contributed by atoms with E-state index in [1.807, 2.05) is 41.3 Å². The highest BCUT2D eigenvalue weighted by molar-refractivity contribution is 7.91. The van der Waals surface area contributed by atoms with Crippen molar-refractivity contribution in [1.82, 2.24) is 0 Å². The molecule has 1 saturated heterocycles. The molecule has 0 saturated carbocycles. The summed E-state index contributed by atoms with van der Waals surface area (Å²) >= 11 is 0. The molecule has 132 valence electrons. The highest BCUT2D eigenvalue weighted by Gasteiger charge is 2.21. The number of rotatable bonds is 4. The number of nitrogens with two attached hydrogens (primary N) is 1. The Morgan fingerprint density at radius 3 is 2.44 bits per heavy atom. The second-order valence-corrected chi connectivity index (χ2v) is 8.46. The number of benzene rings is 2.